The van der Waals surface area contributed by atoms with E-state index in [1.54, 1.807) is 42.5 Å². The maximum Gasteiger partial charge on any atom is 0.341 e. The molecule has 0 fully saturated rings. The smallest absolute Gasteiger partial charge is 0.341 e. The Kier molecular flexibility index (Phi) is 7.30. The van der Waals surface area contributed by atoms with Crippen molar-refractivity contribution < 1.29 is 23.8 Å². The molecular weight excluding hydrogens is 404 g/mol. The first-order chi connectivity index (χ1) is 15.5. The molecule has 0 amide bonds. The molecule has 158 valence electrons. The van der Waals surface area contributed by atoms with Crippen LogP contribution in [-0.2, 0) is 9.47 Å². The second kappa shape index (κ2) is 10.5. The first-order valence-electron chi connectivity index (χ1n) is 9.63. The zero-order valence-corrected chi connectivity index (χ0v) is 17.9. The summed E-state index contributed by atoms with van der Waals surface area (Å²) in [4.78, 5) is 23.3. The van der Waals surface area contributed by atoms with E-state index in [1.807, 2.05) is 24.3 Å². The Morgan fingerprint density at radius 1 is 0.625 bits per heavy atom. The number of rotatable bonds is 3. The zero-order chi connectivity index (χ0) is 22.9. The van der Waals surface area contributed by atoms with E-state index in [0.29, 0.717) is 22.4 Å². The summed E-state index contributed by atoms with van der Waals surface area (Å²) in [5.41, 5.74) is 3.92. The van der Waals surface area contributed by atoms with Crippen molar-refractivity contribution in [3.8, 4) is 29.4 Å². The van der Waals surface area contributed by atoms with E-state index in [2.05, 4.69) is 23.7 Å². The fraction of sp³-hybridized carbons (Fsp3) is 0.111. The molecule has 3 aromatic carbocycles. The summed E-state index contributed by atoms with van der Waals surface area (Å²) in [5.74, 6) is 11.9. The van der Waals surface area contributed by atoms with Crippen LogP contribution >= 0.6 is 0 Å². The molecule has 0 unspecified atom stereocenters. The summed E-state index contributed by atoms with van der Waals surface area (Å²) >= 11 is 0. The second-order valence-electron chi connectivity index (χ2n) is 6.56. The molecule has 3 rings (SSSR count). The predicted molar refractivity (Wildman–Crippen MR) is 121 cm³/mol. The third-order valence-corrected chi connectivity index (χ3v) is 4.48. The van der Waals surface area contributed by atoms with Crippen LogP contribution in [0.25, 0.3) is 0 Å². The first kappa shape index (κ1) is 22.2. The standard InChI is InChI=1S/C27H20O5/c1-30-25-18-22(13-16-24(25)27(29)32-3)10-9-21-6-4-5-20(17-21)8-7-19-11-14-23(15-12-19)26(28)31-2/h4-6,11-18H,1-3H3. The largest absolute Gasteiger partial charge is 0.496 e. The van der Waals surface area contributed by atoms with Crippen LogP contribution in [0.5, 0.6) is 5.75 Å². The number of hydrogen-bond donors (Lipinski definition) is 0. The molecule has 0 bridgehead atoms. The Labute approximate surface area is 186 Å². The fourth-order valence-electron chi connectivity index (χ4n) is 2.82. The van der Waals surface area contributed by atoms with E-state index in [1.165, 1.54) is 21.3 Å². The molecule has 0 saturated carbocycles. The van der Waals surface area contributed by atoms with Crippen LogP contribution in [0.1, 0.15) is 43.0 Å². The maximum absolute atomic E-state index is 11.8. The second-order valence-corrected chi connectivity index (χ2v) is 6.56. The van der Waals surface area contributed by atoms with Crippen molar-refractivity contribution in [2.45, 2.75) is 0 Å². The van der Waals surface area contributed by atoms with Gasteiger partial charge in [-0.25, -0.2) is 9.59 Å². The molecule has 0 aromatic heterocycles. The molecule has 0 radical (unpaired) electrons. The summed E-state index contributed by atoms with van der Waals surface area (Å²) in [7, 11) is 4.16. The molecule has 0 aliphatic rings. The van der Waals surface area contributed by atoms with Gasteiger partial charge in [0.25, 0.3) is 0 Å². The highest BCUT2D eigenvalue weighted by atomic mass is 16.5. The Hall–Kier alpha value is -4.48. The average molecular weight is 424 g/mol. The van der Waals surface area contributed by atoms with E-state index in [0.717, 1.165) is 16.7 Å². The van der Waals surface area contributed by atoms with Gasteiger partial charge in [-0.1, -0.05) is 29.7 Å². The molecule has 0 saturated heterocycles. The number of esters is 2. The minimum absolute atomic E-state index is 0.345. The highest BCUT2D eigenvalue weighted by Gasteiger charge is 2.12. The van der Waals surface area contributed by atoms with Crippen LogP contribution < -0.4 is 4.74 Å². The molecule has 0 heterocycles. The molecule has 0 aliphatic carbocycles. The van der Waals surface area contributed by atoms with Gasteiger partial charge in [0.2, 0.25) is 0 Å². The van der Waals surface area contributed by atoms with Crippen molar-refractivity contribution in [2.24, 2.45) is 0 Å². The van der Waals surface area contributed by atoms with Gasteiger partial charge in [0.05, 0.1) is 26.9 Å². The maximum atomic E-state index is 11.8. The molecule has 3 aromatic rings. The molecule has 5 nitrogen and oxygen atoms in total. The Bertz CT molecular complexity index is 1270. The normalized spacial score (nSPS) is 9.47. The van der Waals surface area contributed by atoms with E-state index in [9.17, 15) is 9.59 Å². The highest BCUT2D eigenvalue weighted by molar-refractivity contribution is 5.92. The Morgan fingerprint density at radius 2 is 1.16 bits per heavy atom. The van der Waals surface area contributed by atoms with Gasteiger partial charge < -0.3 is 14.2 Å². The van der Waals surface area contributed by atoms with Crippen LogP contribution in [-0.4, -0.2) is 33.3 Å². The van der Waals surface area contributed by atoms with Gasteiger partial charge in [-0.15, -0.1) is 0 Å². The van der Waals surface area contributed by atoms with E-state index >= 15 is 0 Å². The molecular formula is C27H20O5. The van der Waals surface area contributed by atoms with Gasteiger partial charge in [-0.3, -0.25) is 0 Å². The lowest BCUT2D eigenvalue weighted by molar-refractivity contribution is 0.0589. The van der Waals surface area contributed by atoms with Crippen LogP contribution in [0.15, 0.2) is 66.7 Å². The predicted octanol–water partition coefficient (Wildman–Crippen LogP) is 4.07. The number of hydrogen-bond acceptors (Lipinski definition) is 5. The van der Waals surface area contributed by atoms with Crippen molar-refractivity contribution in [1.82, 2.24) is 0 Å². The number of ether oxygens (including phenoxy) is 3. The summed E-state index contributed by atoms with van der Waals surface area (Å²) in [6.07, 6.45) is 0. The lowest BCUT2D eigenvalue weighted by Crippen LogP contribution is -2.04. The number of carbonyl (C=O) groups excluding carboxylic acids is 2. The van der Waals surface area contributed by atoms with Gasteiger partial charge in [-0.2, -0.15) is 0 Å². The third kappa shape index (κ3) is 5.56. The molecule has 0 aliphatic heterocycles. The molecule has 0 N–H and O–H groups in total. The molecule has 5 heteroatoms. The van der Waals surface area contributed by atoms with Gasteiger partial charge in [0.15, 0.2) is 0 Å². The van der Waals surface area contributed by atoms with E-state index in [-0.39, 0.29) is 5.97 Å². The monoisotopic (exact) mass is 424 g/mol. The van der Waals surface area contributed by atoms with Crippen LogP contribution in [0, 0.1) is 23.7 Å². The van der Waals surface area contributed by atoms with Crippen molar-refractivity contribution in [3.05, 3.63) is 100 Å². The Balaban J connectivity index is 1.79. The van der Waals surface area contributed by atoms with Gasteiger partial charge in [-0.05, 0) is 60.7 Å². The van der Waals surface area contributed by atoms with E-state index in [4.69, 9.17) is 14.2 Å². The molecule has 0 spiro atoms. The number of methoxy groups -OCH3 is 3. The van der Waals surface area contributed by atoms with E-state index < -0.39 is 5.97 Å². The van der Waals surface area contributed by atoms with Crippen LogP contribution in [0.2, 0.25) is 0 Å². The molecule has 0 atom stereocenters. The van der Waals surface area contributed by atoms with Crippen molar-refractivity contribution in [3.63, 3.8) is 0 Å². The van der Waals surface area contributed by atoms with Crippen molar-refractivity contribution >= 4 is 11.9 Å². The summed E-state index contributed by atoms with van der Waals surface area (Å²) in [6, 6.07) is 19.5. The third-order valence-electron chi connectivity index (χ3n) is 4.48. The lowest BCUT2D eigenvalue weighted by Gasteiger charge is -2.06. The first-order valence-corrected chi connectivity index (χ1v) is 9.63. The number of carbonyl (C=O) groups is 2. The van der Waals surface area contributed by atoms with Crippen molar-refractivity contribution in [1.29, 1.82) is 0 Å². The average Bonchev–Trinajstić information content (AvgIpc) is 2.85. The fourth-order valence-corrected chi connectivity index (χ4v) is 2.82. The van der Waals surface area contributed by atoms with Crippen LogP contribution in [0.4, 0.5) is 0 Å². The van der Waals surface area contributed by atoms with Crippen LogP contribution in [0.3, 0.4) is 0 Å². The SMILES string of the molecule is COC(=O)c1ccc(C#Cc2cccc(C#Cc3ccc(C(=O)OC)c(OC)c3)c2)cc1. The lowest BCUT2D eigenvalue weighted by atomic mass is 10.1. The quantitative estimate of drug-likeness (QED) is 0.469. The van der Waals surface area contributed by atoms with Gasteiger partial charge >= 0.3 is 11.9 Å². The summed E-state index contributed by atoms with van der Waals surface area (Å²) in [6.45, 7) is 0. The minimum Gasteiger partial charge on any atom is -0.496 e. The number of benzene rings is 3. The van der Waals surface area contributed by atoms with Gasteiger partial charge in [0.1, 0.15) is 11.3 Å². The summed E-state index contributed by atoms with van der Waals surface area (Å²) < 4.78 is 14.7. The zero-order valence-electron chi connectivity index (χ0n) is 17.9. The highest BCUT2D eigenvalue weighted by Crippen LogP contribution is 2.20. The van der Waals surface area contributed by atoms with Gasteiger partial charge in [0, 0.05) is 22.3 Å². The topological polar surface area (TPSA) is 61.8 Å². The minimum atomic E-state index is -0.465. The summed E-state index contributed by atoms with van der Waals surface area (Å²) in [5, 5.41) is 0. The Morgan fingerprint density at radius 3 is 1.72 bits per heavy atom. The van der Waals surface area contributed by atoms with Crippen molar-refractivity contribution in [2.75, 3.05) is 21.3 Å². The molecule has 32 heavy (non-hydrogen) atoms.